The van der Waals surface area contributed by atoms with Crippen molar-refractivity contribution in [2.24, 2.45) is 7.05 Å². The molecule has 6 nitrogen and oxygen atoms in total. The minimum absolute atomic E-state index is 0.102. The maximum absolute atomic E-state index is 12.2. The van der Waals surface area contributed by atoms with Crippen LogP contribution in [0.25, 0.3) is 16.8 Å². The molecule has 0 atom stereocenters. The monoisotopic (exact) mass is 434 g/mol. The minimum atomic E-state index is -0.471. The van der Waals surface area contributed by atoms with E-state index < -0.39 is 5.97 Å². The van der Waals surface area contributed by atoms with Gasteiger partial charge in [0.15, 0.2) is 0 Å². The standard InChI is InChI=1S/C26H30N2O4/c1-26(2,3)20-13-11-18(12-14-20)23-15-24(28(4)27-23)32-16-19-9-7-8-10-21(19)22(17-30-5)25(29)31-6/h7-15,17H,16H2,1-6H3/b22-17+. The molecule has 2 aromatic carbocycles. The van der Waals surface area contributed by atoms with Crippen LogP contribution in [0.5, 0.6) is 5.88 Å². The van der Waals surface area contributed by atoms with Crippen molar-refractivity contribution in [3.8, 4) is 17.1 Å². The number of methoxy groups -OCH3 is 2. The molecule has 0 saturated heterocycles. The summed E-state index contributed by atoms with van der Waals surface area (Å²) in [6.07, 6.45) is 1.38. The van der Waals surface area contributed by atoms with E-state index in [2.05, 4.69) is 50.1 Å². The van der Waals surface area contributed by atoms with Crippen molar-refractivity contribution in [1.29, 1.82) is 0 Å². The first-order valence-electron chi connectivity index (χ1n) is 10.4. The minimum Gasteiger partial charge on any atom is -0.503 e. The van der Waals surface area contributed by atoms with E-state index in [0.717, 1.165) is 16.8 Å². The van der Waals surface area contributed by atoms with Crippen LogP contribution in [-0.4, -0.2) is 30.0 Å². The second kappa shape index (κ2) is 9.73. The fourth-order valence-corrected chi connectivity index (χ4v) is 3.38. The summed E-state index contributed by atoms with van der Waals surface area (Å²) >= 11 is 0. The Bertz CT molecular complexity index is 1110. The van der Waals surface area contributed by atoms with Crippen LogP contribution in [0, 0.1) is 0 Å². The molecule has 0 amide bonds. The molecule has 0 N–H and O–H groups in total. The summed E-state index contributed by atoms with van der Waals surface area (Å²) in [5.74, 6) is 0.158. The van der Waals surface area contributed by atoms with Gasteiger partial charge in [0.2, 0.25) is 5.88 Å². The first-order chi connectivity index (χ1) is 15.2. The van der Waals surface area contributed by atoms with Crippen molar-refractivity contribution in [2.45, 2.75) is 32.8 Å². The Kier molecular flexibility index (Phi) is 7.03. The van der Waals surface area contributed by atoms with Crippen LogP contribution >= 0.6 is 0 Å². The number of hydrogen-bond donors (Lipinski definition) is 0. The van der Waals surface area contributed by atoms with Gasteiger partial charge in [-0.3, -0.25) is 0 Å². The SMILES string of the molecule is CO/C=C(/C(=O)OC)c1ccccc1COc1cc(-c2ccc(C(C)(C)C)cc2)nn1C. The van der Waals surface area contributed by atoms with Gasteiger partial charge in [-0.2, -0.15) is 5.10 Å². The summed E-state index contributed by atoms with van der Waals surface area (Å²) in [6, 6.07) is 17.9. The van der Waals surface area contributed by atoms with Crippen molar-refractivity contribution < 1.29 is 19.0 Å². The third-order valence-corrected chi connectivity index (χ3v) is 5.21. The average molecular weight is 435 g/mol. The zero-order valence-electron chi connectivity index (χ0n) is 19.5. The van der Waals surface area contributed by atoms with Crippen molar-refractivity contribution in [1.82, 2.24) is 9.78 Å². The molecule has 0 aliphatic rings. The fraction of sp³-hybridized carbons (Fsp3) is 0.308. The number of nitrogens with zero attached hydrogens (tertiary/aromatic N) is 2. The summed E-state index contributed by atoms with van der Waals surface area (Å²) in [7, 11) is 4.68. The molecule has 3 aromatic rings. The Morgan fingerprint density at radius 1 is 1.06 bits per heavy atom. The van der Waals surface area contributed by atoms with Gasteiger partial charge in [-0.1, -0.05) is 69.3 Å². The van der Waals surface area contributed by atoms with Crippen molar-refractivity contribution in [2.75, 3.05) is 14.2 Å². The van der Waals surface area contributed by atoms with E-state index in [9.17, 15) is 4.79 Å². The highest BCUT2D eigenvalue weighted by Gasteiger charge is 2.18. The Labute approximate surface area is 189 Å². The molecule has 0 spiro atoms. The predicted molar refractivity (Wildman–Crippen MR) is 125 cm³/mol. The van der Waals surface area contributed by atoms with E-state index in [-0.39, 0.29) is 12.0 Å². The number of aryl methyl sites for hydroxylation is 1. The molecular weight excluding hydrogens is 404 g/mol. The maximum Gasteiger partial charge on any atom is 0.341 e. The van der Waals surface area contributed by atoms with Gasteiger partial charge in [0.1, 0.15) is 12.2 Å². The molecule has 0 bridgehead atoms. The lowest BCUT2D eigenvalue weighted by molar-refractivity contribution is -0.133. The normalized spacial score (nSPS) is 11.9. The third kappa shape index (κ3) is 5.19. The van der Waals surface area contributed by atoms with Gasteiger partial charge >= 0.3 is 5.97 Å². The zero-order valence-corrected chi connectivity index (χ0v) is 19.5. The summed E-state index contributed by atoms with van der Waals surface area (Å²) in [5, 5.41) is 4.60. The third-order valence-electron chi connectivity index (χ3n) is 5.21. The molecule has 0 unspecified atom stereocenters. The number of hydrogen-bond acceptors (Lipinski definition) is 5. The second-order valence-corrected chi connectivity index (χ2v) is 8.52. The van der Waals surface area contributed by atoms with Crippen molar-refractivity contribution >= 4 is 11.5 Å². The lowest BCUT2D eigenvalue weighted by atomic mass is 9.86. The second-order valence-electron chi connectivity index (χ2n) is 8.52. The highest BCUT2D eigenvalue weighted by Crippen LogP contribution is 2.28. The van der Waals surface area contributed by atoms with Crippen LogP contribution < -0.4 is 4.74 Å². The summed E-state index contributed by atoms with van der Waals surface area (Å²) in [6.45, 7) is 6.84. The van der Waals surface area contributed by atoms with Gasteiger partial charge < -0.3 is 14.2 Å². The fourth-order valence-electron chi connectivity index (χ4n) is 3.38. The van der Waals surface area contributed by atoms with Crippen LogP contribution in [0.15, 0.2) is 60.9 Å². The molecule has 3 rings (SSSR count). The van der Waals surface area contributed by atoms with E-state index in [1.807, 2.05) is 37.4 Å². The maximum atomic E-state index is 12.2. The highest BCUT2D eigenvalue weighted by molar-refractivity contribution is 6.16. The molecule has 1 heterocycles. The van der Waals surface area contributed by atoms with E-state index in [0.29, 0.717) is 17.0 Å². The highest BCUT2D eigenvalue weighted by atomic mass is 16.5. The first-order valence-corrected chi connectivity index (χ1v) is 10.4. The number of carbonyl (C=O) groups excluding carboxylic acids is 1. The van der Waals surface area contributed by atoms with Gasteiger partial charge in [-0.05, 0) is 22.1 Å². The van der Waals surface area contributed by atoms with Crippen LogP contribution in [-0.2, 0) is 33.3 Å². The topological polar surface area (TPSA) is 62.6 Å². The molecule has 0 saturated carbocycles. The molecular formula is C26H30N2O4. The lowest BCUT2D eigenvalue weighted by Crippen LogP contribution is -2.10. The molecule has 6 heteroatoms. The summed E-state index contributed by atoms with van der Waals surface area (Å²) in [5.41, 5.74) is 5.10. The smallest absolute Gasteiger partial charge is 0.341 e. The number of esters is 1. The number of aromatic nitrogens is 2. The van der Waals surface area contributed by atoms with Gasteiger partial charge in [-0.25, -0.2) is 9.48 Å². The van der Waals surface area contributed by atoms with Crippen LogP contribution in [0.3, 0.4) is 0 Å². The Balaban J connectivity index is 1.82. The van der Waals surface area contributed by atoms with E-state index in [1.54, 1.807) is 4.68 Å². The van der Waals surface area contributed by atoms with Gasteiger partial charge in [-0.15, -0.1) is 0 Å². The molecule has 0 radical (unpaired) electrons. The lowest BCUT2D eigenvalue weighted by Gasteiger charge is -2.18. The van der Waals surface area contributed by atoms with E-state index in [1.165, 1.54) is 26.0 Å². The molecule has 0 aliphatic carbocycles. The van der Waals surface area contributed by atoms with E-state index >= 15 is 0 Å². The van der Waals surface area contributed by atoms with E-state index in [4.69, 9.17) is 14.2 Å². The summed E-state index contributed by atoms with van der Waals surface area (Å²) < 4.78 is 17.8. The molecule has 0 fully saturated rings. The van der Waals surface area contributed by atoms with Gasteiger partial charge in [0, 0.05) is 18.7 Å². The molecule has 0 aliphatic heterocycles. The molecule has 32 heavy (non-hydrogen) atoms. The number of ether oxygens (including phenoxy) is 3. The first kappa shape index (κ1) is 23.1. The largest absolute Gasteiger partial charge is 0.503 e. The van der Waals surface area contributed by atoms with Gasteiger partial charge in [0.25, 0.3) is 0 Å². The van der Waals surface area contributed by atoms with Gasteiger partial charge in [0.05, 0.1) is 26.2 Å². The van der Waals surface area contributed by atoms with Crippen LogP contribution in [0.1, 0.15) is 37.5 Å². The Hall–Kier alpha value is -3.54. The quantitative estimate of drug-likeness (QED) is 0.293. The predicted octanol–water partition coefficient (Wildman–Crippen LogP) is 5.12. The van der Waals surface area contributed by atoms with Crippen LogP contribution in [0.2, 0.25) is 0 Å². The molecule has 168 valence electrons. The molecule has 1 aromatic heterocycles. The van der Waals surface area contributed by atoms with Crippen molar-refractivity contribution in [3.05, 3.63) is 77.5 Å². The number of rotatable bonds is 7. The number of carbonyl (C=O) groups is 1. The van der Waals surface area contributed by atoms with Crippen molar-refractivity contribution in [3.63, 3.8) is 0 Å². The summed E-state index contributed by atoms with van der Waals surface area (Å²) in [4.78, 5) is 12.2. The Morgan fingerprint density at radius 2 is 1.75 bits per heavy atom. The Morgan fingerprint density at radius 3 is 2.38 bits per heavy atom. The van der Waals surface area contributed by atoms with Crippen LogP contribution in [0.4, 0.5) is 0 Å². The zero-order chi connectivity index (χ0) is 23.3. The average Bonchev–Trinajstić information content (AvgIpc) is 3.16. The number of benzene rings is 2.